The molecule has 0 aromatic heterocycles. The van der Waals surface area contributed by atoms with Crippen LogP contribution in [-0.2, 0) is 0 Å². The maximum absolute atomic E-state index is 9.85. The zero-order chi connectivity index (χ0) is 8.97. The van der Waals surface area contributed by atoms with Gasteiger partial charge >= 0.3 is 0 Å². The van der Waals surface area contributed by atoms with Crippen LogP contribution in [0.15, 0.2) is 0 Å². The molecule has 1 saturated carbocycles. The van der Waals surface area contributed by atoms with Gasteiger partial charge < -0.3 is 5.11 Å². The highest BCUT2D eigenvalue weighted by atomic mass is 16.3. The molecule has 1 N–H and O–H groups in total. The van der Waals surface area contributed by atoms with Crippen molar-refractivity contribution in [2.24, 2.45) is 11.8 Å². The fraction of sp³-hybridized carbons (Fsp3) is 1.00. The predicted octanol–water partition coefficient (Wildman–Crippen LogP) is 2.97. The monoisotopic (exact) mass is 170 g/mol. The summed E-state index contributed by atoms with van der Waals surface area (Å²) in [5.74, 6) is 1.29. The van der Waals surface area contributed by atoms with Gasteiger partial charge in [0.05, 0.1) is 6.10 Å². The van der Waals surface area contributed by atoms with E-state index in [0.29, 0.717) is 11.8 Å². The first-order valence-corrected chi connectivity index (χ1v) is 5.43. The van der Waals surface area contributed by atoms with E-state index in [1.54, 1.807) is 0 Å². The maximum atomic E-state index is 9.85. The van der Waals surface area contributed by atoms with Crippen LogP contribution < -0.4 is 0 Å². The molecule has 0 spiro atoms. The average Bonchev–Trinajstić information content (AvgIpc) is 2.28. The lowest BCUT2D eigenvalue weighted by Gasteiger charge is -2.25. The molecule has 1 aliphatic carbocycles. The van der Waals surface area contributed by atoms with Crippen molar-refractivity contribution in [3.8, 4) is 0 Å². The van der Waals surface area contributed by atoms with Crippen molar-refractivity contribution in [1.29, 1.82) is 0 Å². The van der Waals surface area contributed by atoms with Crippen LogP contribution in [0.1, 0.15) is 52.4 Å². The second-order valence-corrected chi connectivity index (χ2v) is 4.25. The normalized spacial score (nSPS) is 34.2. The Morgan fingerprint density at radius 1 is 1.25 bits per heavy atom. The smallest absolute Gasteiger partial charge is 0.0570 e. The van der Waals surface area contributed by atoms with Gasteiger partial charge in [0, 0.05) is 0 Å². The minimum atomic E-state index is -0.0116. The number of aliphatic hydroxyl groups is 1. The van der Waals surface area contributed by atoms with Crippen molar-refractivity contribution in [3.63, 3.8) is 0 Å². The third-order valence-electron chi connectivity index (χ3n) is 3.41. The van der Waals surface area contributed by atoms with Gasteiger partial charge in [-0.25, -0.2) is 0 Å². The zero-order valence-electron chi connectivity index (χ0n) is 8.42. The summed E-state index contributed by atoms with van der Waals surface area (Å²) in [6, 6.07) is 0. The molecule has 1 nitrogen and oxygen atoms in total. The second-order valence-electron chi connectivity index (χ2n) is 4.25. The van der Waals surface area contributed by atoms with Crippen LogP contribution in [-0.4, -0.2) is 11.2 Å². The van der Waals surface area contributed by atoms with Gasteiger partial charge in [-0.15, -0.1) is 0 Å². The highest BCUT2D eigenvalue weighted by molar-refractivity contribution is 4.76. The van der Waals surface area contributed by atoms with Gasteiger partial charge in [-0.2, -0.15) is 0 Å². The first-order valence-electron chi connectivity index (χ1n) is 5.43. The fourth-order valence-electron chi connectivity index (χ4n) is 2.28. The van der Waals surface area contributed by atoms with E-state index in [2.05, 4.69) is 13.8 Å². The lowest BCUT2D eigenvalue weighted by atomic mass is 9.84. The van der Waals surface area contributed by atoms with Crippen LogP contribution in [0.25, 0.3) is 0 Å². The molecule has 1 fully saturated rings. The lowest BCUT2D eigenvalue weighted by molar-refractivity contribution is 0.0695. The van der Waals surface area contributed by atoms with Gasteiger partial charge in [0.25, 0.3) is 0 Å². The molecule has 0 bridgehead atoms. The first kappa shape index (κ1) is 10.0. The van der Waals surface area contributed by atoms with Gasteiger partial charge in [0.1, 0.15) is 0 Å². The zero-order valence-corrected chi connectivity index (χ0v) is 8.42. The Hall–Kier alpha value is -0.0400. The summed E-state index contributed by atoms with van der Waals surface area (Å²) in [5, 5.41) is 9.85. The number of rotatable bonds is 2. The van der Waals surface area contributed by atoms with E-state index < -0.39 is 0 Å². The van der Waals surface area contributed by atoms with Gasteiger partial charge in [-0.05, 0) is 24.7 Å². The summed E-state index contributed by atoms with van der Waals surface area (Å²) >= 11 is 0. The SMILES string of the molecule is CCC(C)C1CCCCCC1O. The third-order valence-corrected chi connectivity index (χ3v) is 3.41. The third kappa shape index (κ3) is 2.48. The highest BCUT2D eigenvalue weighted by Crippen LogP contribution is 2.30. The molecule has 0 aromatic rings. The molecular weight excluding hydrogens is 148 g/mol. The topological polar surface area (TPSA) is 20.2 Å². The van der Waals surface area contributed by atoms with Crippen LogP contribution >= 0.6 is 0 Å². The summed E-state index contributed by atoms with van der Waals surface area (Å²) in [7, 11) is 0. The molecule has 0 aromatic carbocycles. The molecule has 0 aliphatic heterocycles. The number of hydrogen-bond donors (Lipinski definition) is 1. The van der Waals surface area contributed by atoms with Gasteiger partial charge in [-0.3, -0.25) is 0 Å². The van der Waals surface area contributed by atoms with Crippen LogP contribution in [0.3, 0.4) is 0 Å². The average molecular weight is 170 g/mol. The lowest BCUT2D eigenvalue weighted by Crippen LogP contribution is -2.24. The van der Waals surface area contributed by atoms with Crippen molar-refractivity contribution >= 4 is 0 Å². The molecule has 1 rings (SSSR count). The molecule has 0 amide bonds. The van der Waals surface area contributed by atoms with Crippen LogP contribution in [0.2, 0.25) is 0 Å². The Morgan fingerprint density at radius 3 is 2.58 bits per heavy atom. The van der Waals surface area contributed by atoms with Crippen molar-refractivity contribution in [1.82, 2.24) is 0 Å². The van der Waals surface area contributed by atoms with Gasteiger partial charge in [0.15, 0.2) is 0 Å². The minimum Gasteiger partial charge on any atom is -0.393 e. The van der Waals surface area contributed by atoms with Crippen LogP contribution in [0, 0.1) is 11.8 Å². The molecule has 3 atom stereocenters. The molecule has 3 unspecified atom stereocenters. The van der Waals surface area contributed by atoms with Gasteiger partial charge in [0.2, 0.25) is 0 Å². The molecule has 1 aliphatic rings. The second kappa shape index (κ2) is 4.86. The first-order chi connectivity index (χ1) is 5.75. The largest absolute Gasteiger partial charge is 0.393 e. The Balaban J connectivity index is 2.46. The molecule has 0 heterocycles. The summed E-state index contributed by atoms with van der Waals surface area (Å²) in [5.41, 5.74) is 0. The maximum Gasteiger partial charge on any atom is 0.0570 e. The van der Waals surface area contributed by atoms with E-state index >= 15 is 0 Å². The molecule has 0 radical (unpaired) electrons. The molecular formula is C11H22O. The summed E-state index contributed by atoms with van der Waals surface area (Å²) < 4.78 is 0. The summed E-state index contributed by atoms with van der Waals surface area (Å²) in [4.78, 5) is 0. The molecule has 1 heteroatoms. The number of aliphatic hydroxyl groups excluding tert-OH is 1. The van der Waals surface area contributed by atoms with E-state index in [4.69, 9.17) is 0 Å². The van der Waals surface area contributed by atoms with E-state index in [1.807, 2.05) is 0 Å². The summed E-state index contributed by atoms with van der Waals surface area (Å²) in [6.07, 6.45) is 7.36. The van der Waals surface area contributed by atoms with Crippen LogP contribution in [0.4, 0.5) is 0 Å². The predicted molar refractivity (Wildman–Crippen MR) is 52.0 cm³/mol. The van der Waals surface area contributed by atoms with Crippen molar-refractivity contribution < 1.29 is 5.11 Å². The molecule has 0 saturated heterocycles. The van der Waals surface area contributed by atoms with E-state index in [9.17, 15) is 5.11 Å². The quantitative estimate of drug-likeness (QED) is 0.632. The Bertz CT molecular complexity index is 122. The Morgan fingerprint density at radius 2 is 1.92 bits per heavy atom. The standard InChI is InChI=1S/C11H22O/c1-3-9(2)10-7-5-4-6-8-11(10)12/h9-12H,3-8H2,1-2H3. The minimum absolute atomic E-state index is 0.0116. The summed E-state index contributed by atoms with van der Waals surface area (Å²) in [6.45, 7) is 4.50. The van der Waals surface area contributed by atoms with Gasteiger partial charge in [-0.1, -0.05) is 39.5 Å². The highest BCUT2D eigenvalue weighted by Gasteiger charge is 2.25. The molecule has 12 heavy (non-hydrogen) atoms. The van der Waals surface area contributed by atoms with Crippen LogP contribution in [0.5, 0.6) is 0 Å². The Kier molecular flexibility index (Phi) is 4.07. The fourth-order valence-corrected chi connectivity index (χ4v) is 2.28. The van der Waals surface area contributed by atoms with E-state index in [1.165, 1.54) is 32.1 Å². The van der Waals surface area contributed by atoms with Crippen molar-refractivity contribution in [2.75, 3.05) is 0 Å². The van der Waals surface area contributed by atoms with E-state index in [-0.39, 0.29) is 6.10 Å². The Labute approximate surface area is 76.2 Å². The van der Waals surface area contributed by atoms with Crippen molar-refractivity contribution in [3.05, 3.63) is 0 Å². The van der Waals surface area contributed by atoms with E-state index in [0.717, 1.165) is 6.42 Å². The molecule has 72 valence electrons. The number of hydrogen-bond acceptors (Lipinski definition) is 1. The van der Waals surface area contributed by atoms with Crippen molar-refractivity contribution in [2.45, 2.75) is 58.5 Å².